The summed E-state index contributed by atoms with van der Waals surface area (Å²) in [4.78, 5) is 12.8. The lowest BCUT2D eigenvalue weighted by Crippen LogP contribution is -2.20. The number of benzene rings is 1. The molecule has 0 unspecified atom stereocenters. The van der Waals surface area contributed by atoms with Crippen molar-refractivity contribution in [2.24, 2.45) is 0 Å². The third kappa shape index (κ3) is 4.19. The van der Waals surface area contributed by atoms with Crippen LogP contribution in [0, 0.1) is 4.77 Å². The van der Waals surface area contributed by atoms with Crippen molar-refractivity contribution in [3.05, 3.63) is 65.0 Å². The van der Waals surface area contributed by atoms with E-state index in [0.717, 1.165) is 36.3 Å². The highest BCUT2D eigenvalue weighted by atomic mass is 32.1. The van der Waals surface area contributed by atoms with Crippen LogP contribution in [0.5, 0.6) is 0 Å². The number of carbonyl (C=O) groups is 1. The van der Waals surface area contributed by atoms with Gasteiger partial charge < -0.3 is 5.32 Å². The maximum Gasteiger partial charge on any atom is 0.246 e. The molecule has 0 spiro atoms. The zero-order valence-corrected chi connectivity index (χ0v) is 17.6. The third-order valence-electron chi connectivity index (χ3n) is 5.60. The molecule has 7 heteroatoms. The molecule has 152 valence electrons. The minimum absolute atomic E-state index is 0.102. The largest absolute Gasteiger partial charge is 0.324 e. The number of aromatic nitrogens is 4. The third-order valence-corrected chi connectivity index (χ3v) is 5.98. The summed E-state index contributed by atoms with van der Waals surface area (Å²) in [6, 6.07) is 11.8. The molecule has 1 saturated carbocycles. The lowest BCUT2D eigenvalue weighted by molar-refractivity contribution is -0.116. The Morgan fingerprint density at radius 1 is 1.14 bits per heavy atom. The Bertz CT molecular complexity index is 1030. The predicted molar refractivity (Wildman–Crippen MR) is 117 cm³/mol. The van der Waals surface area contributed by atoms with E-state index in [1.807, 2.05) is 58.1 Å². The van der Waals surface area contributed by atoms with Gasteiger partial charge in [0.25, 0.3) is 0 Å². The summed E-state index contributed by atoms with van der Waals surface area (Å²) in [6.07, 6.45) is 10.7. The molecule has 29 heavy (non-hydrogen) atoms. The van der Waals surface area contributed by atoms with Gasteiger partial charge in [0.15, 0.2) is 5.82 Å². The Hall–Kier alpha value is -2.67. The average Bonchev–Trinajstić information content (AvgIpc) is 3.37. The summed E-state index contributed by atoms with van der Waals surface area (Å²) in [5, 5.41) is 7.83. The van der Waals surface area contributed by atoms with E-state index >= 15 is 0 Å². The molecule has 1 aliphatic carbocycles. The van der Waals surface area contributed by atoms with Gasteiger partial charge in [-0.25, -0.2) is 9.36 Å². The van der Waals surface area contributed by atoms with E-state index < -0.39 is 0 Å². The van der Waals surface area contributed by atoms with Gasteiger partial charge in [-0.05, 0) is 55.2 Å². The fourth-order valence-electron chi connectivity index (χ4n) is 4.09. The van der Waals surface area contributed by atoms with Crippen molar-refractivity contribution in [3.63, 3.8) is 0 Å². The van der Waals surface area contributed by atoms with Crippen molar-refractivity contribution in [3.8, 4) is 0 Å². The van der Waals surface area contributed by atoms with Crippen LogP contribution in [0.1, 0.15) is 56.3 Å². The normalized spacial score (nSPS) is 14.8. The van der Waals surface area contributed by atoms with Crippen molar-refractivity contribution < 1.29 is 4.79 Å². The standard InChI is InChI=1S/C22H27N5OS/c1-2-17-10-6-7-13-19(17)23-20(28)16-26-22(29)27(25-14-8-9-15-25)21(24-26)18-11-4-3-5-12-18/h6-10,13-15,18H,2-5,11-12,16H2,1H3,(H,23,28). The number of hydrogen-bond donors (Lipinski definition) is 1. The molecular weight excluding hydrogens is 382 g/mol. The van der Waals surface area contributed by atoms with E-state index in [9.17, 15) is 4.79 Å². The van der Waals surface area contributed by atoms with Crippen LogP contribution in [0.15, 0.2) is 48.8 Å². The highest BCUT2D eigenvalue weighted by Gasteiger charge is 2.24. The van der Waals surface area contributed by atoms with Crippen LogP contribution in [-0.2, 0) is 17.8 Å². The number of carbonyl (C=O) groups excluding carboxylic acids is 1. The zero-order chi connectivity index (χ0) is 20.2. The molecule has 6 nitrogen and oxygen atoms in total. The highest BCUT2D eigenvalue weighted by Crippen LogP contribution is 2.32. The maximum atomic E-state index is 12.8. The fraction of sp³-hybridized carbons (Fsp3) is 0.409. The molecule has 0 saturated heterocycles. The number of aryl methyl sites for hydroxylation is 1. The molecule has 0 radical (unpaired) electrons. The summed E-state index contributed by atoms with van der Waals surface area (Å²) >= 11 is 5.72. The Kier molecular flexibility index (Phi) is 5.94. The van der Waals surface area contributed by atoms with Gasteiger partial charge in [-0.1, -0.05) is 44.4 Å². The first-order chi connectivity index (χ1) is 14.2. The number of rotatable bonds is 6. The Morgan fingerprint density at radius 2 is 1.86 bits per heavy atom. The summed E-state index contributed by atoms with van der Waals surface area (Å²) < 4.78 is 6.13. The van der Waals surface area contributed by atoms with Gasteiger partial charge in [0.1, 0.15) is 6.54 Å². The number of nitrogens with zero attached hydrogens (tertiary/aromatic N) is 4. The molecule has 1 N–H and O–H groups in total. The lowest BCUT2D eigenvalue weighted by atomic mass is 9.89. The van der Waals surface area contributed by atoms with Crippen LogP contribution >= 0.6 is 12.2 Å². The van der Waals surface area contributed by atoms with Crippen LogP contribution in [0.25, 0.3) is 0 Å². The van der Waals surface area contributed by atoms with E-state index in [1.165, 1.54) is 19.3 Å². The first-order valence-electron chi connectivity index (χ1n) is 10.4. The molecule has 0 atom stereocenters. The van der Waals surface area contributed by atoms with E-state index in [4.69, 9.17) is 17.3 Å². The molecule has 4 rings (SSSR count). The second-order valence-electron chi connectivity index (χ2n) is 7.57. The van der Waals surface area contributed by atoms with Gasteiger partial charge in [-0.3, -0.25) is 9.47 Å². The molecule has 1 fully saturated rings. The molecule has 1 amide bonds. The Labute approximate surface area is 176 Å². The number of amides is 1. The molecule has 1 aliphatic rings. The van der Waals surface area contributed by atoms with Gasteiger partial charge in [0.2, 0.25) is 10.7 Å². The van der Waals surface area contributed by atoms with Gasteiger partial charge in [-0.15, -0.1) is 0 Å². The SMILES string of the molecule is CCc1ccccc1NC(=O)Cn1nc(C2CCCCC2)n(-n2cccc2)c1=S. The highest BCUT2D eigenvalue weighted by molar-refractivity contribution is 7.71. The van der Waals surface area contributed by atoms with Gasteiger partial charge in [-0.2, -0.15) is 5.10 Å². The molecule has 1 aromatic carbocycles. The summed E-state index contributed by atoms with van der Waals surface area (Å²) in [5.74, 6) is 1.21. The van der Waals surface area contributed by atoms with E-state index in [0.29, 0.717) is 10.7 Å². The molecule has 2 heterocycles. The van der Waals surface area contributed by atoms with Crippen molar-refractivity contribution in [2.75, 3.05) is 5.32 Å². The number of anilines is 1. The van der Waals surface area contributed by atoms with Crippen molar-refractivity contribution in [2.45, 2.75) is 57.9 Å². The monoisotopic (exact) mass is 409 g/mol. The maximum absolute atomic E-state index is 12.8. The smallest absolute Gasteiger partial charge is 0.246 e. The zero-order valence-electron chi connectivity index (χ0n) is 16.8. The van der Waals surface area contributed by atoms with E-state index in [2.05, 4.69) is 12.2 Å². The van der Waals surface area contributed by atoms with Crippen LogP contribution in [0.2, 0.25) is 0 Å². The van der Waals surface area contributed by atoms with Gasteiger partial charge >= 0.3 is 0 Å². The summed E-state index contributed by atoms with van der Waals surface area (Å²) in [5.41, 5.74) is 1.97. The molecule has 0 bridgehead atoms. The summed E-state index contributed by atoms with van der Waals surface area (Å²) in [7, 11) is 0. The molecule has 0 aliphatic heterocycles. The minimum Gasteiger partial charge on any atom is -0.324 e. The molecule has 2 aromatic heterocycles. The second kappa shape index (κ2) is 8.78. The van der Waals surface area contributed by atoms with Crippen LogP contribution in [0.4, 0.5) is 5.69 Å². The number of hydrogen-bond acceptors (Lipinski definition) is 3. The van der Waals surface area contributed by atoms with Crippen LogP contribution in [-0.4, -0.2) is 25.0 Å². The van der Waals surface area contributed by atoms with Crippen molar-refractivity contribution in [1.82, 2.24) is 19.1 Å². The van der Waals surface area contributed by atoms with E-state index in [1.54, 1.807) is 4.68 Å². The summed E-state index contributed by atoms with van der Waals surface area (Å²) in [6.45, 7) is 2.18. The van der Waals surface area contributed by atoms with Crippen molar-refractivity contribution >= 4 is 23.8 Å². The fourth-order valence-corrected chi connectivity index (χ4v) is 4.38. The first kappa shape index (κ1) is 19.6. The quantitative estimate of drug-likeness (QED) is 0.596. The first-order valence-corrected chi connectivity index (χ1v) is 10.8. The topological polar surface area (TPSA) is 56.8 Å². The van der Waals surface area contributed by atoms with E-state index in [-0.39, 0.29) is 12.5 Å². The Morgan fingerprint density at radius 3 is 2.59 bits per heavy atom. The van der Waals surface area contributed by atoms with Crippen LogP contribution < -0.4 is 5.32 Å². The predicted octanol–water partition coefficient (Wildman–Crippen LogP) is 4.78. The van der Waals surface area contributed by atoms with Gasteiger partial charge in [0.05, 0.1) is 0 Å². The lowest BCUT2D eigenvalue weighted by Gasteiger charge is -2.21. The minimum atomic E-state index is -0.116. The van der Waals surface area contributed by atoms with Crippen molar-refractivity contribution in [1.29, 1.82) is 0 Å². The Balaban J connectivity index is 1.62. The van der Waals surface area contributed by atoms with Crippen LogP contribution in [0.3, 0.4) is 0 Å². The molecule has 3 aromatic rings. The van der Waals surface area contributed by atoms with Gasteiger partial charge in [0, 0.05) is 24.0 Å². The second-order valence-corrected chi connectivity index (χ2v) is 7.93. The number of para-hydroxylation sites is 1. The number of nitrogens with one attached hydrogen (secondary N) is 1. The average molecular weight is 410 g/mol. The molecular formula is C22H27N5OS.